The number of nitrogens with one attached hydrogen (secondary N) is 1. The fourth-order valence-electron chi connectivity index (χ4n) is 14.2. The molecule has 0 bridgehead atoms. The van der Waals surface area contributed by atoms with Crippen LogP contribution >= 0.6 is 0 Å². The van der Waals surface area contributed by atoms with E-state index in [-0.39, 0.29) is 71.0 Å². The normalized spacial score (nSPS) is 46.4. The van der Waals surface area contributed by atoms with Gasteiger partial charge in [-0.15, -0.1) is 0 Å². The monoisotopic (exact) mass is 792 g/mol. The molecule has 1 unspecified atom stereocenters. The van der Waals surface area contributed by atoms with Crippen molar-refractivity contribution in [2.45, 2.75) is 155 Å². The van der Waals surface area contributed by atoms with Gasteiger partial charge in [-0.25, -0.2) is 8.42 Å². The number of morpholine rings is 1. The van der Waals surface area contributed by atoms with Gasteiger partial charge in [0.15, 0.2) is 6.29 Å². The maximum atomic E-state index is 12.8. The largest absolute Gasteiger partial charge is 0.511 e. The highest BCUT2D eigenvalue weighted by atomic mass is 32.2. The summed E-state index contributed by atoms with van der Waals surface area (Å²) in [7, 11) is -5.63. The van der Waals surface area contributed by atoms with Crippen LogP contribution in [0.4, 0.5) is 13.2 Å². The Morgan fingerprint density at radius 1 is 1.06 bits per heavy atom. The Morgan fingerprint density at radius 3 is 2.37 bits per heavy atom. The number of rotatable bonds is 9. The summed E-state index contributed by atoms with van der Waals surface area (Å²) in [5.74, 6) is 0.451. The molecule has 3 N–H and O–H groups in total. The fraction of sp³-hybridized carbons (Fsp3) is 0.974. The minimum absolute atomic E-state index is 0.000602. The molecule has 310 valence electrons. The molecule has 0 radical (unpaired) electrons. The Morgan fingerprint density at radius 2 is 1.72 bits per heavy atom. The van der Waals surface area contributed by atoms with Crippen LogP contribution < -0.4 is 4.72 Å². The number of fused-ring (bicyclic) bond motifs is 4. The van der Waals surface area contributed by atoms with Gasteiger partial charge in [0.1, 0.15) is 6.10 Å². The molecular formula is C39H63F3N2O9S. The Labute approximate surface area is 318 Å². The smallest absolute Gasteiger partial charge is 0.390 e. The lowest BCUT2D eigenvalue weighted by molar-refractivity contribution is -0.248. The van der Waals surface area contributed by atoms with Gasteiger partial charge < -0.3 is 34.1 Å². The number of nitrogens with zero attached hydrogens (tertiary/aromatic N) is 1. The number of aliphatic hydroxyl groups excluding tert-OH is 1. The van der Waals surface area contributed by atoms with E-state index < -0.39 is 52.1 Å². The second kappa shape index (κ2) is 13.2. The zero-order chi connectivity index (χ0) is 39.7. The predicted octanol–water partition coefficient (Wildman–Crippen LogP) is 4.99. The second-order valence-corrected chi connectivity index (χ2v) is 21.4. The van der Waals surface area contributed by atoms with Crippen molar-refractivity contribution in [3.8, 4) is 0 Å². The van der Waals surface area contributed by atoms with Crippen LogP contribution in [-0.4, -0.2) is 110 Å². The van der Waals surface area contributed by atoms with Gasteiger partial charge in [-0.1, -0.05) is 34.6 Å². The number of alkyl halides is 3. The summed E-state index contributed by atoms with van der Waals surface area (Å²) < 4.78 is 88.2. The van der Waals surface area contributed by atoms with Crippen LogP contribution in [0.1, 0.15) is 107 Å². The molecule has 7 fully saturated rings. The maximum Gasteiger partial charge on any atom is 0.511 e. The summed E-state index contributed by atoms with van der Waals surface area (Å²) in [5.41, 5.74) is -7.00. The molecule has 2 spiro atoms. The molecule has 0 aromatic heterocycles. The summed E-state index contributed by atoms with van der Waals surface area (Å²) in [4.78, 5) is 14.0. The number of carbonyl (C=O) groups excluding carboxylic acids is 1. The van der Waals surface area contributed by atoms with Crippen molar-refractivity contribution in [1.29, 1.82) is 0 Å². The topological polar surface area (TPSA) is 144 Å². The summed E-state index contributed by atoms with van der Waals surface area (Å²) in [6, 6.07) is 0. The molecule has 54 heavy (non-hydrogen) atoms. The number of ether oxygens (including phenoxy) is 4. The van der Waals surface area contributed by atoms with E-state index in [4.69, 9.17) is 18.9 Å². The van der Waals surface area contributed by atoms with Gasteiger partial charge in [-0.3, -0.25) is 4.79 Å². The first-order valence-corrected chi connectivity index (χ1v) is 21.7. The van der Waals surface area contributed by atoms with E-state index in [2.05, 4.69) is 34.6 Å². The Kier molecular flexibility index (Phi) is 10.1. The number of sulfonamides is 1. The lowest BCUT2D eigenvalue weighted by Gasteiger charge is -2.64. The average Bonchev–Trinajstić information content (AvgIpc) is 3.71. The molecule has 2 saturated heterocycles. The van der Waals surface area contributed by atoms with Gasteiger partial charge in [-0.2, -0.15) is 17.9 Å². The maximum absolute atomic E-state index is 12.8. The van der Waals surface area contributed by atoms with Crippen molar-refractivity contribution < 1.29 is 55.5 Å². The third-order valence-electron chi connectivity index (χ3n) is 16.6. The summed E-state index contributed by atoms with van der Waals surface area (Å²) in [6.07, 6.45) is 5.17. The molecule has 2 aliphatic heterocycles. The first-order valence-electron chi connectivity index (χ1n) is 20.2. The fourth-order valence-corrected chi connectivity index (χ4v) is 14.6. The van der Waals surface area contributed by atoms with Crippen molar-refractivity contribution >= 4 is 15.9 Å². The van der Waals surface area contributed by atoms with Gasteiger partial charge in [0.05, 0.1) is 49.7 Å². The van der Waals surface area contributed by atoms with Crippen LogP contribution in [0, 0.1) is 50.7 Å². The van der Waals surface area contributed by atoms with E-state index in [1.165, 1.54) is 9.62 Å². The number of carbonyl (C=O) groups is 1. The molecule has 14 atom stereocenters. The second-order valence-electron chi connectivity index (χ2n) is 19.6. The van der Waals surface area contributed by atoms with Crippen molar-refractivity contribution in [2.24, 2.45) is 50.7 Å². The predicted molar refractivity (Wildman–Crippen MR) is 192 cm³/mol. The number of aliphatic hydroxyl groups is 2. The number of amides is 1. The molecule has 2 heterocycles. The van der Waals surface area contributed by atoms with E-state index in [0.29, 0.717) is 24.4 Å². The first-order chi connectivity index (χ1) is 24.9. The molecule has 0 aromatic carbocycles. The third kappa shape index (κ3) is 5.88. The molecule has 0 aromatic rings. The van der Waals surface area contributed by atoms with E-state index in [0.717, 1.165) is 51.4 Å². The van der Waals surface area contributed by atoms with Crippen molar-refractivity contribution in [1.82, 2.24) is 9.62 Å². The zero-order valence-electron chi connectivity index (χ0n) is 33.2. The molecule has 7 aliphatic rings. The summed E-state index contributed by atoms with van der Waals surface area (Å²) >= 11 is 0. The van der Waals surface area contributed by atoms with Crippen LogP contribution in [0.25, 0.3) is 0 Å². The van der Waals surface area contributed by atoms with Gasteiger partial charge in [-0.05, 0) is 117 Å². The number of hydrogen-bond donors (Lipinski definition) is 3. The van der Waals surface area contributed by atoms with Crippen LogP contribution in [-0.2, 0) is 33.8 Å². The van der Waals surface area contributed by atoms with E-state index in [1.807, 2.05) is 6.92 Å². The van der Waals surface area contributed by atoms with Crippen LogP contribution in [0.2, 0.25) is 0 Å². The number of hydrogen-bond acceptors (Lipinski definition) is 9. The quantitative estimate of drug-likeness (QED) is 0.295. The Bertz CT molecular complexity index is 1570. The van der Waals surface area contributed by atoms with Crippen molar-refractivity contribution in [3.05, 3.63) is 0 Å². The molecule has 1 amide bonds. The Hall–Kier alpha value is -1.07. The molecule has 11 nitrogen and oxygen atoms in total. The molecule has 7 rings (SSSR count). The number of halogens is 3. The Balaban J connectivity index is 1.05. The highest BCUT2D eigenvalue weighted by molar-refractivity contribution is 7.90. The van der Waals surface area contributed by atoms with Crippen LogP contribution in [0.5, 0.6) is 0 Å². The lowest BCUT2D eigenvalue weighted by Crippen LogP contribution is -2.60. The van der Waals surface area contributed by atoms with Crippen molar-refractivity contribution in [2.75, 3.05) is 32.8 Å². The van der Waals surface area contributed by atoms with Gasteiger partial charge >= 0.3 is 15.5 Å². The molecular weight excluding hydrogens is 729 g/mol. The van der Waals surface area contributed by atoms with Gasteiger partial charge in [0.2, 0.25) is 5.91 Å². The van der Waals surface area contributed by atoms with Gasteiger partial charge in [0, 0.05) is 18.6 Å². The van der Waals surface area contributed by atoms with E-state index in [1.54, 1.807) is 13.8 Å². The van der Waals surface area contributed by atoms with E-state index in [9.17, 15) is 36.6 Å². The summed E-state index contributed by atoms with van der Waals surface area (Å²) in [5, 5.41) is 23.6. The minimum atomic E-state index is -5.63. The van der Waals surface area contributed by atoms with Crippen LogP contribution in [0.3, 0.4) is 0 Å². The SMILES string of the molecule is CCO[C@@H]([C@H]1C[C@@H](C)[C@H]2[C@H](O1)[C@H](O)[C@@]1(C)[C@@H]3CC[C@H]4C(C)(C)[C@@H](O[C@H]5CN(C(=O)CNS(=O)(=O)C(F)(F)F)CCO5)CCC45C[C@@]35CC[C@]21C)C(C)(C)O. The highest BCUT2D eigenvalue weighted by Crippen LogP contribution is 2.89. The van der Waals surface area contributed by atoms with E-state index >= 15 is 0 Å². The lowest BCUT2D eigenvalue weighted by atomic mass is 9.41. The minimum Gasteiger partial charge on any atom is -0.390 e. The first kappa shape index (κ1) is 41.1. The molecule has 15 heteroatoms. The standard InChI is InChI=1S/C39H63F3N2O9S/c1-9-50-32(34(5,6)47)23-18-22(2)29-30(52-23)31(46)36(8)25-11-10-24-33(3,4)26(12-13-37(24)21-38(25,37)15-14-35(29,36)7)53-28-20-44(16-17-51-28)27(45)19-43-54(48,49)39(40,41)42/h22-26,28-32,43,46-47H,9-21H2,1-8H3/t22-,23-,24+,25+,26+,28+,29+,30+,31+,32+,35-,36-,37?,38+/m1/s1. The zero-order valence-corrected chi connectivity index (χ0v) is 34.0. The van der Waals surface area contributed by atoms with Gasteiger partial charge in [0.25, 0.3) is 0 Å². The average molecular weight is 793 g/mol. The molecule has 5 saturated carbocycles. The van der Waals surface area contributed by atoms with Crippen molar-refractivity contribution in [3.63, 3.8) is 0 Å². The summed E-state index contributed by atoms with van der Waals surface area (Å²) in [6.45, 7) is 16.8. The third-order valence-corrected chi connectivity index (χ3v) is 17.7. The molecule has 5 aliphatic carbocycles. The van der Waals surface area contributed by atoms with Crippen LogP contribution in [0.15, 0.2) is 0 Å². The highest BCUT2D eigenvalue weighted by Gasteiger charge is 2.84.